The molecule has 0 saturated heterocycles. The molecular formula is C22H27N7O4. The molecule has 3 aromatic rings. The van der Waals surface area contributed by atoms with Gasteiger partial charge in [-0.15, -0.1) is 10.2 Å². The lowest BCUT2D eigenvalue weighted by Gasteiger charge is -2.31. The van der Waals surface area contributed by atoms with Crippen LogP contribution in [0.25, 0.3) is 11.6 Å². The molecule has 0 bridgehead atoms. The fourth-order valence-corrected chi connectivity index (χ4v) is 4.05. The Morgan fingerprint density at radius 3 is 2.67 bits per heavy atom. The molecule has 11 heteroatoms. The molecule has 1 aliphatic carbocycles. The number of hydrogen-bond donors (Lipinski definition) is 2. The van der Waals surface area contributed by atoms with E-state index in [1.807, 2.05) is 0 Å². The summed E-state index contributed by atoms with van der Waals surface area (Å²) in [7, 11) is 0. The Morgan fingerprint density at radius 2 is 2.00 bits per heavy atom. The molecule has 0 spiro atoms. The number of nitrogens with one attached hydrogen (secondary N) is 1. The van der Waals surface area contributed by atoms with E-state index in [9.17, 15) is 14.7 Å². The SMILES string of the molecule is Cc1ccc(-c2nnn(CC(=O)N(CCO)[C@@H](C(=O)NC3CCCC3)c3ccncc3)n2)o1. The predicted molar refractivity (Wildman–Crippen MR) is 116 cm³/mol. The highest BCUT2D eigenvalue weighted by molar-refractivity contribution is 5.88. The largest absolute Gasteiger partial charge is 0.458 e. The van der Waals surface area contributed by atoms with Crippen LogP contribution >= 0.6 is 0 Å². The zero-order valence-electron chi connectivity index (χ0n) is 18.4. The molecule has 3 aromatic heterocycles. The Balaban J connectivity index is 1.55. The Hall–Kier alpha value is -3.60. The number of aliphatic hydroxyl groups is 1. The number of carbonyl (C=O) groups excluding carboxylic acids is 2. The van der Waals surface area contributed by atoms with Crippen molar-refractivity contribution in [3.8, 4) is 11.6 Å². The molecular weight excluding hydrogens is 426 g/mol. The van der Waals surface area contributed by atoms with Gasteiger partial charge in [-0.3, -0.25) is 14.6 Å². The maximum atomic E-state index is 13.3. The van der Waals surface area contributed by atoms with Gasteiger partial charge in [0, 0.05) is 25.0 Å². The summed E-state index contributed by atoms with van der Waals surface area (Å²) in [5, 5.41) is 24.8. The summed E-state index contributed by atoms with van der Waals surface area (Å²) in [5.74, 6) is 0.707. The number of amides is 2. The molecule has 1 saturated carbocycles. The third-order valence-electron chi connectivity index (χ3n) is 5.63. The van der Waals surface area contributed by atoms with Crippen molar-refractivity contribution in [2.24, 2.45) is 0 Å². The van der Waals surface area contributed by atoms with Crippen LogP contribution in [0.15, 0.2) is 41.1 Å². The second-order valence-electron chi connectivity index (χ2n) is 8.04. The van der Waals surface area contributed by atoms with E-state index in [2.05, 4.69) is 25.7 Å². The highest BCUT2D eigenvalue weighted by atomic mass is 16.3. The zero-order chi connectivity index (χ0) is 23.2. The lowest BCUT2D eigenvalue weighted by Crippen LogP contribution is -2.48. The molecule has 0 aliphatic heterocycles. The molecule has 33 heavy (non-hydrogen) atoms. The molecule has 0 unspecified atom stereocenters. The number of carbonyl (C=O) groups is 2. The van der Waals surface area contributed by atoms with Crippen LogP contribution in [0.3, 0.4) is 0 Å². The second-order valence-corrected chi connectivity index (χ2v) is 8.04. The molecule has 11 nitrogen and oxygen atoms in total. The first-order valence-corrected chi connectivity index (χ1v) is 11.0. The monoisotopic (exact) mass is 453 g/mol. The van der Waals surface area contributed by atoms with Gasteiger partial charge in [0.15, 0.2) is 5.76 Å². The Kier molecular flexibility index (Phi) is 7.08. The molecule has 2 amide bonds. The number of nitrogens with zero attached hydrogens (tertiary/aromatic N) is 6. The number of aryl methyl sites for hydroxylation is 1. The van der Waals surface area contributed by atoms with Crippen LogP contribution in [0.2, 0.25) is 0 Å². The van der Waals surface area contributed by atoms with Crippen molar-refractivity contribution in [1.82, 2.24) is 35.4 Å². The van der Waals surface area contributed by atoms with Gasteiger partial charge in [0.25, 0.3) is 0 Å². The zero-order valence-corrected chi connectivity index (χ0v) is 18.4. The lowest BCUT2D eigenvalue weighted by molar-refractivity contribution is -0.142. The number of rotatable bonds is 9. The summed E-state index contributed by atoms with van der Waals surface area (Å²) in [6, 6.07) is 6.08. The Bertz CT molecular complexity index is 1080. The summed E-state index contributed by atoms with van der Waals surface area (Å²) < 4.78 is 5.50. The van der Waals surface area contributed by atoms with E-state index in [1.165, 1.54) is 4.90 Å². The quantitative estimate of drug-likeness (QED) is 0.494. The van der Waals surface area contributed by atoms with Gasteiger partial charge in [0.05, 0.1) is 6.61 Å². The van der Waals surface area contributed by atoms with Crippen LogP contribution in [0, 0.1) is 6.92 Å². The number of aromatic nitrogens is 5. The first-order valence-electron chi connectivity index (χ1n) is 11.0. The van der Waals surface area contributed by atoms with Gasteiger partial charge in [-0.25, -0.2) is 0 Å². The van der Waals surface area contributed by atoms with Gasteiger partial charge in [0.1, 0.15) is 18.3 Å². The van der Waals surface area contributed by atoms with Crippen molar-refractivity contribution in [2.45, 2.75) is 51.2 Å². The third kappa shape index (κ3) is 5.43. The van der Waals surface area contributed by atoms with E-state index in [1.54, 1.807) is 43.6 Å². The smallest absolute Gasteiger partial charge is 0.247 e. The van der Waals surface area contributed by atoms with Crippen molar-refractivity contribution >= 4 is 11.8 Å². The van der Waals surface area contributed by atoms with E-state index < -0.39 is 11.9 Å². The molecule has 1 aliphatic rings. The Morgan fingerprint density at radius 1 is 1.24 bits per heavy atom. The molecule has 174 valence electrons. The topological polar surface area (TPSA) is 139 Å². The maximum Gasteiger partial charge on any atom is 0.247 e. The van der Waals surface area contributed by atoms with Gasteiger partial charge < -0.3 is 19.7 Å². The average Bonchev–Trinajstić information content (AvgIpc) is 3.57. The standard InChI is InChI=1S/C22H27N7O4/c1-15-6-7-18(33-15)21-25-27-29(26-21)14-19(31)28(12-13-30)20(16-8-10-23-11-9-16)22(32)24-17-4-2-3-5-17/h6-11,17,20,30H,2-5,12-14H2,1H3,(H,24,32)/t20-/m1/s1. The highest BCUT2D eigenvalue weighted by Gasteiger charge is 2.33. The van der Waals surface area contributed by atoms with E-state index in [-0.39, 0.29) is 37.5 Å². The van der Waals surface area contributed by atoms with Crippen molar-refractivity contribution in [3.63, 3.8) is 0 Å². The molecule has 2 N–H and O–H groups in total. The molecule has 4 rings (SSSR count). The van der Waals surface area contributed by atoms with Crippen LogP contribution in [0.4, 0.5) is 0 Å². The van der Waals surface area contributed by atoms with E-state index in [0.717, 1.165) is 30.5 Å². The minimum Gasteiger partial charge on any atom is -0.458 e. The summed E-state index contributed by atoms with van der Waals surface area (Å²) in [6.07, 6.45) is 7.12. The van der Waals surface area contributed by atoms with Crippen LogP contribution in [-0.2, 0) is 16.1 Å². The van der Waals surface area contributed by atoms with Gasteiger partial charge >= 0.3 is 0 Å². The van der Waals surface area contributed by atoms with E-state index in [4.69, 9.17) is 4.42 Å². The number of furan rings is 1. The number of pyridine rings is 1. The summed E-state index contributed by atoms with van der Waals surface area (Å²) >= 11 is 0. The van der Waals surface area contributed by atoms with Gasteiger partial charge in [0.2, 0.25) is 17.6 Å². The van der Waals surface area contributed by atoms with Crippen molar-refractivity contribution in [3.05, 3.63) is 48.0 Å². The van der Waals surface area contributed by atoms with Crippen LogP contribution < -0.4 is 5.32 Å². The Labute approximate surface area is 190 Å². The van der Waals surface area contributed by atoms with Crippen LogP contribution in [0.1, 0.15) is 43.0 Å². The van der Waals surface area contributed by atoms with Gasteiger partial charge in [-0.1, -0.05) is 12.8 Å². The maximum absolute atomic E-state index is 13.3. The second kappa shape index (κ2) is 10.3. The van der Waals surface area contributed by atoms with Crippen molar-refractivity contribution in [1.29, 1.82) is 0 Å². The fourth-order valence-electron chi connectivity index (χ4n) is 4.05. The first kappa shape index (κ1) is 22.6. The predicted octanol–water partition coefficient (Wildman–Crippen LogP) is 1.26. The normalized spacial score (nSPS) is 14.8. The minimum absolute atomic E-state index is 0.0250. The fraction of sp³-hybridized carbons (Fsp3) is 0.455. The number of hydrogen-bond acceptors (Lipinski definition) is 8. The summed E-state index contributed by atoms with van der Waals surface area (Å²) in [4.78, 5) is 33.1. The summed E-state index contributed by atoms with van der Waals surface area (Å²) in [6.45, 7) is 1.24. The van der Waals surface area contributed by atoms with Crippen molar-refractivity contribution in [2.75, 3.05) is 13.2 Å². The molecule has 1 fully saturated rings. The average molecular weight is 454 g/mol. The van der Waals surface area contributed by atoms with Gasteiger partial charge in [-0.2, -0.15) is 4.80 Å². The lowest BCUT2D eigenvalue weighted by atomic mass is 10.0. The molecule has 3 heterocycles. The molecule has 0 radical (unpaired) electrons. The van der Waals surface area contributed by atoms with E-state index >= 15 is 0 Å². The van der Waals surface area contributed by atoms with Crippen molar-refractivity contribution < 1.29 is 19.1 Å². The first-order chi connectivity index (χ1) is 16.0. The van der Waals surface area contributed by atoms with Gasteiger partial charge in [-0.05, 0) is 54.8 Å². The number of tetrazole rings is 1. The third-order valence-corrected chi connectivity index (χ3v) is 5.63. The molecule has 0 aromatic carbocycles. The highest BCUT2D eigenvalue weighted by Crippen LogP contribution is 2.24. The van der Waals surface area contributed by atoms with E-state index in [0.29, 0.717) is 17.1 Å². The van der Waals surface area contributed by atoms with Crippen LogP contribution in [-0.4, -0.2) is 66.2 Å². The minimum atomic E-state index is -0.913. The summed E-state index contributed by atoms with van der Waals surface area (Å²) in [5.41, 5.74) is 0.612. The number of aliphatic hydroxyl groups excluding tert-OH is 1. The molecule has 1 atom stereocenters. The van der Waals surface area contributed by atoms with Crippen LogP contribution in [0.5, 0.6) is 0 Å².